The van der Waals surface area contributed by atoms with Crippen molar-refractivity contribution in [3.05, 3.63) is 0 Å². The fraction of sp³-hybridized carbons (Fsp3) is 1.00. The Kier molecular flexibility index (Phi) is 2.75. The zero-order valence-electron chi connectivity index (χ0n) is 10.8. The first kappa shape index (κ1) is 11.0. The van der Waals surface area contributed by atoms with E-state index in [1.54, 1.807) is 6.42 Å². The highest BCUT2D eigenvalue weighted by Gasteiger charge is 2.41. The Bertz CT molecular complexity index is 261. The van der Waals surface area contributed by atoms with E-state index in [1.807, 2.05) is 0 Å². The van der Waals surface area contributed by atoms with Crippen LogP contribution in [0, 0.1) is 17.8 Å². The number of piperazine rings is 1. The van der Waals surface area contributed by atoms with E-state index < -0.39 is 0 Å². The standard InChI is InChI=1S/C14H26N2/c1-14(2)10-15-5-6-16(14)9-13-8-11-3-4-12(13)7-11/h11-13,15H,3-10H2,1-2H3. The summed E-state index contributed by atoms with van der Waals surface area (Å²) >= 11 is 0. The van der Waals surface area contributed by atoms with Gasteiger partial charge in [0.1, 0.15) is 0 Å². The lowest BCUT2D eigenvalue weighted by molar-refractivity contribution is 0.0613. The molecule has 3 atom stereocenters. The summed E-state index contributed by atoms with van der Waals surface area (Å²) in [6, 6.07) is 0. The maximum absolute atomic E-state index is 3.52. The molecule has 1 aliphatic heterocycles. The van der Waals surface area contributed by atoms with Crippen LogP contribution in [0.15, 0.2) is 0 Å². The van der Waals surface area contributed by atoms with Crippen molar-refractivity contribution in [3.63, 3.8) is 0 Å². The molecule has 3 aliphatic rings. The van der Waals surface area contributed by atoms with E-state index in [-0.39, 0.29) is 0 Å². The Morgan fingerprint density at radius 2 is 2.12 bits per heavy atom. The minimum atomic E-state index is 0.375. The lowest BCUT2D eigenvalue weighted by Crippen LogP contribution is -2.59. The molecular weight excluding hydrogens is 196 g/mol. The summed E-state index contributed by atoms with van der Waals surface area (Å²) in [7, 11) is 0. The monoisotopic (exact) mass is 222 g/mol. The molecule has 2 bridgehead atoms. The molecule has 2 heteroatoms. The van der Waals surface area contributed by atoms with Crippen LogP contribution < -0.4 is 5.32 Å². The van der Waals surface area contributed by atoms with Gasteiger partial charge >= 0.3 is 0 Å². The van der Waals surface area contributed by atoms with Gasteiger partial charge in [-0.15, -0.1) is 0 Å². The second-order valence-electron chi connectivity index (χ2n) is 6.87. The maximum Gasteiger partial charge on any atom is 0.0278 e. The summed E-state index contributed by atoms with van der Waals surface area (Å²) in [4.78, 5) is 2.74. The molecule has 0 amide bonds. The minimum Gasteiger partial charge on any atom is -0.314 e. The fourth-order valence-electron chi connectivity index (χ4n) is 4.24. The topological polar surface area (TPSA) is 15.3 Å². The lowest BCUT2D eigenvalue weighted by Gasteiger charge is -2.45. The van der Waals surface area contributed by atoms with E-state index in [0.29, 0.717) is 5.54 Å². The van der Waals surface area contributed by atoms with Crippen molar-refractivity contribution in [2.24, 2.45) is 17.8 Å². The van der Waals surface area contributed by atoms with Gasteiger partial charge in [-0.2, -0.15) is 0 Å². The van der Waals surface area contributed by atoms with Crippen molar-refractivity contribution >= 4 is 0 Å². The Labute approximate surface area is 99.8 Å². The summed E-state index contributed by atoms with van der Waals surface area (Å²) < 4.78 is 0. The van der Waals surface area contributed by atoms with Crippen LogP contribution >= 0.6 is 0 Å². The van der Waals surface area contributed by atoms with Crippen LogP contribution in [0.3, 0.4) is 0 Å². The molecule has 0 aromatic heterocycles. The number of hydrogen-bond acceptors (Lipinski definition) is 2. The van der Waals surface area contributed by atoms with Crippen LogP contribution in [0.4, 0.5) is 0 Å². The Morgan fingerprint density at radius 3 is 2.75 bits per heavy atom. The molecule has 0 radical (unpaired) electrons. The van der Waals surface area contributed by atoms with Gasteiger partial charge < -0.3 is 5.32 Å². The van der Waals surface area contributed by atoms with Gasteiger partial charge in [0.2, 0.25) is 0 Å². The van der Waals surface area contributed by atoms with Crippen molar-refractivity contribution in [2.45, 2.75) is 45.1 Å². The minimum absolute atomic E-state index is 0.375. The van der Waals surface area contributed by atoms with E-state index in [4.69, 9.17) is 0 Å². The average Bonchev–Trinajstić information content (AvgIpc) is 2.82. The molecule has 3 fully saturated rings. The molecular formula is C14H26N2. The molecule has 0 spiro atoms. The molecule has 3 rings (SSSR count). The third-order valence-corrected chi connectivity index (χ3v) is 5.31. The zero-order chi connectivity index (χ0) is 11.2. The molecule has 1 N–H and O–H groups in total. The van der Waals surface area contributed by atoms with E-state index in [2.05, 4.69) is 24.1 Å². The second kappa shape index (κ2) is 3.99. The van der Waals surface area contributed by atoms with E-state index in [0.717, 1.165) is 24.3 Å². The lowest BCUT2D eigenvalue weighted by atomic mass is 9.87. The van der Waals surface area contributed by atoms with Crippen molar-refractivity contribution in [2.75, 3.05) is 26.2 Å². The first-order valence-corrected chi connectivity index (χ1v) is 7.11. The molecule has 1 heterocycles. The van der Waals surface area contributed by atoms with Crippen LogP contribution in [0.1, 0.15) is 39.5 Å². The smallest absolute Gasteiger partial charge is 0.0278 e. The van der Waals surface area contributed by atoms with E-state index in [1.165, 1.54) is 38.9 Å². The molecule has 2 aliphatic carbocycles. The van der Waals surface area contributed by atoms with Crippen LogP contribution in [0.25, 0.3) is 0 Å². The molecule has 2 saturated carbocycles. The quantitative estimate of drug-likeness (QED) is 0.770. The Balaban J connectivity index is 1.61. The van der Waals surface area contributed by atoms with Gasteiger partial charge in [0, 0.05) is 31.7 Å². The second-order valence-corrected chi connectivity index (χ2v) is 6.87. The number of nitrogens with one attached hydrogen (secondary N) is 1. The van der Waals surface area contributed by atoms with Gasteiger partial charge in [0.05, 0.1) is 0 Å². The molecule has 0 aromatic carbocycles. The highest BCUT2D eigenvalue weighted by Crippen LogP contribution is 2.48. The summed E-state index contributed by atoms with van der Waals surface area (Å²) in [5.41, 5.74) is 0.375. The molecule has 16 heavy (non-hydrogen) atoms. The number of nitrogens with zero attached hydrogens (tertiary/aromatic N) is 1. The van der Waals surface area contributed by atoms with Gasteiger partial charge in [-0.25, -0.2) is 0 Å². The van der Waals surface area contributed by atoms with E-state index in [9.17, 15) is 0 Å². The van der Waals surface area contributed by atoms with Crippen molar-refractivity contribution in [1.29, 1.82) is 0 Å². The van der Waals surface area contributed by atoms with Gasteiger partial charge in [0.25, 0.3) is 0 Å². The third-order valence-electron chi connectivity index (χ3n) is 5.31. The summed E-state index contributed by atoms with van der Waals surface area (Å²) in [6.45, 7) is 9.76. The highest BCUT2D eigenvalue weighted by molar-refractivity contribution is 4.95. The predicted molar refractivity (Wildman–Crippen MR) is 67.5 cm³/mol. The van der Waals surface area contributed by atoms with Crippen molar-refractivity contribution < 1.29 is 0 Å². The Morgan fingerprint density at radius 1 is 1.25 bits per heavy atom. The molecule has 92 valence electrons. The van der Waals surface area contributed by atoms with Gasteiger partial charge in [-0.3, -0.25) is 4.90 Å². The number of rotatable bonds is 2. The summed E-state index contributed by atoms with van der Waals surface area (Å²) in [6.07, 6.45) is 6.15. The van der Waals surface area contributed by atoms with Crippen LogP contribution in [0.2, 0.25) is 0 Å². The highest BCUT2D eigenvalue weighted by atomic mass is 15.2. The largest absolute Gasteiger partial charge is 0.314 e. The van der Waals surface area contributed by atoms with Crippen molar-refractivity contribution in [1.82, 2.24) is 10.2 Å². The summed E-state index contributed by atoms with van der Waals surface area (Å²) in [5, 5.41) is 3.52. The fourth-order valence-corrected chi connectivity index (χ4v) is 4.24. The molecule has 3 unspecified atom stereocenters. The Hall–Kier alpha value is -0.0800. The average molecular weight is 222 g/mol. The molecule has 0 aromatic rings. The normalized spacial score (nSPS) is 42.8. The maximum atomic E-state index is 3.52. The summed E-state index contributed by atoms with van der Waals surface area (Å²) in [5.74, 6) is 3.20. The van der Waals surface area contributed by atoms with Crippen molar-refractivity contribution in [3.8, 4) is 0 Å². The molecule has 2 nitrogen and oxygen atoms in total. The molecule has 1 saturated heterocycles. The van der Waals surface area contributed by atoms with Crippen LogP contribution in [0.5, 0.6) is 0 Å². The van der Waals surface area contributed by atoms with Crippen LogP contribution in [-0.4, -0.2) is 36.6 Å². The van der Waals surface area contributed by atoms with Gasteiger partial charge in [-0.05, 0) is 50.9 Å². The van der Waals surface area contributed by atoms with Gasteiger partial charge in [0.15, 0.2) is 0 Å². The predicted octanol–water partition coefficient (Wildman–Crippen LogP) is 2.11. The zero-order valence-corrected chi connectivity index (χ0v) is 10.8. The SMILES string of the molecule is CC1(C)CNCCN1CC1CC2CCC1C2. The van der Waals surface area contributed by atoms with Crippen LogP contribution in [-0.2, 0) is 0 Å². The first-order valence-electron chi connectivity index (χ1n) is 7.11. The number of hydrogen-bond donors (Lipinski definition) is 1. The van der Waals surface area contributed by atoms with Gasteiger partial charge in [-0.1, -0.05) is 6.42 Å². The third kappa shape index (κ3) is 1.91. The number of fused-ring (bicyclic) bond motifs is 2. The van der Waals surface area contributed by atoms with E-state index >= 15 is 0 Å². The first-order chi connectivity index (χ1) is 7.65.